The molecule has 2 aromatic heterocycles. The highest BCUT2D eigenvalue weighted by atomic mass is 35.5. The molecule has 242 valence electrons. The van der Waals surface area contributed by atoms with Gasteiger partial charge in [-0.1, -0.05) is 55.8 Å². The van der Waals surface area contributed by atoms with E-state index in [-0.39, 0.29) is 30.3 Å². The lowest BCUT2D eigenvalue weighted by Gasteiger charge is -2.38. The number of aromatic nitrogens is 3. The number of hydrogen-bond acceptors (Lipinski definition) is 8. The van der Waals surface area contributed by atoms with Gasteiger partial charge < -0.3 is 24.0 Å². The lowest BCUT2D eigenvalue weighted by Crippen LogP contribution is -2.51. The number of carbonyl (C=O) groups is 3. The number of piperidine rings is 1. The first kappa shape index (κ1) is 32.3. The van der Waals surface area contributed by atoms with E-state index in [2.05, 4.69) is 10.1 Å². The lowest BCUT2D eigenvalue weighted by molar-refractivity contribution is 0.0493. The maximum absolute atomic E-state index is 13.7. The van der Waals surface area contributed by atoms with Crippen LogP contribution in [0.1, 0.15) is 70.9 Å². The molecular weight excluding hydrogens is 600 g/mol. The van der Waals surface area contributed by atoms with E-state index in [1.165, 1.54) is 0 Å². The normalized spacial score (nSPS) is 17.5. The zero-order chi connectivity index (χ0) is 32.3. The van der Waals surface area contributed by atoms with Gasteiger partial charge in [0.1, 0.15) is 29.3 Å². The summed E-state index contributed by atoms with van der Waals surface area (Å²) in [5, 5.41) is 4.79. The number of ether oxygens (including phenoxy) is 3. The fraction of sp³-hybridized carbons (Fsp3) is 0.531. The number of likely N-dealkylation sites (tertiary alicyclic amines) is 2. The molecule has 0 N–H and O–H groups in total. The zero-order valence-corrected chi connectivity index (χ0v) is 27.2. The summed E-state index contributed by atoms with van der Waals surface area (Å²) in [5.41, 5.74) is 1.67. The summed E-state index contributed by atoms with van der Waals surface area (Å²) >= 11 is 6.47. The van der Waals surface area contributed by atoms with Gasteiger partial charge in [0.25, 0.3) is 0 Å². The smallest absolute Gasteiger partial charge is 0.416 e. The summed E-state index contributed by atoms with van der Waals surface area (Å²) in [6, 6.07) is 10.8. The summed E-state index contributed by atoms with van der Waals surface area (Å²) in [6.07, 6.45) is 1.43. The summed E-state index contributed by atoms with van der Waals surface area (Å²) in [6.45, 7) is 11.2. The molecule has 2 fully saturated rings. The van der Waals surface area contributed by atoms with Crippen LogP contribution in [0.25, 0.3) is 5.65 Å². The first-order chi connectivity index (χ1) is 21.4. The molecule has 2 aliphatic rings. The molecule has 0 unspecified atom stereocenters. The molecule has 4 heterocycles. The van der Waals surface area contributed by atoms with Crippen LogP contribution in [0.4, 0.5) is 20.2 Å². The van der Waals surface area contributed by atoms with Crippen LogP contribution in [0.2, 0.25) is 5.15 Å². The molecule has 13 heteroatoms. The number of anilines is 1. The summed E-state index contributed by atoms with van der Waals surface area (Å²) in [5.74, 6) is 0.606. The maximum atomic E-state index is 13.7. The molecule has 0 aliphatic carbocycles. The second-order valence-corrected chi connectivity index (χ2v) is 13.2. The lowest BCUT2D eigenvalue weighted by atomic mass is 10.0. The van der Waals surface area contributed by atoms with Crippen LogP contribution in [0.15, 0.2) is 42.6 Å². The van der Waals surface area contributed by atoms with Gasteiger partial charge in [0.15, 0.2) is 5.65 Å². The second kappa shape index (κ2) is 13.5. The van der Waals surface area contributed by atoms with Gasteiger partial charge in [-0.2, -0.15) is 9.61 Å². The third kappa shape index (κ3) is 7.78. The number of halogens is 1. The Morgan fingerprint density at radius 3 is 2.38 bits per heavy atom. The molecule has 0 spiro atoms. The van der Waals surface area contributed by atoms with Crippen LogP contribution in [-0.2, 0) is 20.8 Å². The molecule has 45 heavy (non-hydrogen) atoms. The van der Waals surface area contributed by atoms with E-state index in [1.54, 1.807) is 31.5 Å². The van der Waals surface area contributed by atoms with E-state index < -0.39 is 30.0 Å². The quantitative estimate of drug-likeness (QED) is 0.229. The van der Waals surface area contributed by atoms with Gasteiger partial charge in [-0.25, -0.2) is 19.4 Å². The number of benzene rings is 1. The highest BCUT2D eigenvalue weighted by Crippen LogP contribution is 2.31. The van der Waals surface area contributed by atoms with E-state index in [4.69, 9.17) is 25.8 Å². The molecule has 0 saturated carbocycles. The van der Waals surface area contributed by atoms with Gasteiger partial charge in [-0.05, 0) is 45.1 Å². The van der Waals surface area contributed by atoms with Crippen molar-refractivity contribution >= 4 is 41.3 Å². The number of carbonyl (C=O) groups excluding carboxylic acids is 3. The van der Waals surface area contributed by atoms with Crippen molar-refractivity contribution < 1.29 is 28.6 Å². The number of hydrogen-bond donors (Lipinski definition) is 0. The summed E-state index contributed by atoms with van der Waals surface area (Å²) in [4.78, 5) is 48.6. The van der Waals surface area contributed by atoms with Crippen LogP contribution in [0.5, 0.6) is 0 Å². The maximum Gasteiger partial charge on any atom is 0.416 e. The van der Waals surface area contributed by atoms with Crippen molar-refractivity contribution in [2.24, 2.45) is 0 Å². The van der Waals surface area contributed by atoms with Crippen molar-refractivity contribution in [1.82, 2.24) is 24.4 Å². The zero-order valence-electron chi connectivity index (χ0n) is 26.4. The Morgan fingerprint density at radius 1 is 1.02 bits per heavy atom. The van der Waals surface area contributed by atoms with Crippen molar-refractivity contribution in [3.8, 4) is 0 Å². The third-order valence-corrected chi connectivity index (χ3v) is 8.07. The van der Waals surface area contributed by atoms with E-state index in [0.717, 1.165) is 11.1 Å². The van der Waals surface area contributed by atoms with Gasteiger partial charge >= 0.3 is 18.3 Å². The summed E-state index contributed by atoms with van der Waals surface area (Å²) in [7, 11) is 0. The van der Waals surface area contributed by atoms with Crippen LogP contribution >= 0.6 is 11.6 Å². The molecular formula is C32H41ClN6O6. The van der Waals surface area contributed by atoms with E-state index in [1.807, 2.05) is 65.0 Å². The minimum Gasteiger partial charge on any atom is -0.445 e. The monoisotopic (exact) mass is 640 g/mol. The Bertz CT molecular complexity index is 1520. The van der Waals surface area contributed by atoms with Gasteiger partial charge in [-0.15, -0.1) is 0 Å². The van der Waals surface area contributed by atoms with Crippen LogP contribution in [-0.4, -0.2) is 86.6 Å². The van der Waals surface area contributed by atoms with Crippen molar-refractivity contribution in [2.45, 2.75) is 84.2 Å². The Kier molecular flexibility index (Phi) is 9.71. The molecule has 0 radical (unpaired) electrons. The van der Waals surface area contributed by atoms with E-state index >= 15 is 0 Å². The number of nitrogens with zero attached hydrogens (tertiary/aromatic N) is 6. The van der Waals surface area contributed by atoms with Crippen molar-refractivity contribution in [3.63, 3.8) is 0 Å². The Labute approximate surface area is 268 Å². The van der Waals surface area contributed by atoms with Crippen LogP contribution in [0.3, 0.4) is 0 Å². The molecule has 12 nitrogen and oxygen atoms in total. The fourth-order valence-electron chi connectivity index (χ4n) is 5.58. The predicted octanol–water partition coefficient (Wildman–Crippen LogP) is 6.26. The highest BCUT2D eigenvalue weighted by molar-refractivity contribution is 6.29. The fourth-order valence-corrected chi connectivity index (χ4v) is 5.76. The average molecular weight is 641 g/mol. The molecule has 2 saturated heterocycles. The SMILES string of the molecule is CC(C)c1cnn2c(N(C(=O)OC(C)(C)C)C3CCN(C(=O)O[C@H]4CCN(C(=O)OCc5ccccc5)C4)CC3)cc(Cl)nc12. The van der Waals surface area contributed by atoms with Gasteiger partial charge in [0.05, 0.1) is 12.7 Å². The molecule has 5 rings (SSSR count). The van der Waals surface area contributed by atoms with Gasteiger partial charge in [0.2, 0.25) is 0 Å². The minimum absolute atomic E-state index is 0.150. The first-order valence-corrected chi connectivity index (χ1v) is 15.7. The topological polar surface area (TPSA) is 119 Å². The number of amides is 3. The third-order valence-electron chi connectivity index (χ3n) is 7.87. The summed E-state index contributed by atoms with van der Waals surface area (Å²) < 4.78 is 18.7. The predicted molar refractivity (Wildman–Crippen MR) is 168 cm³/mol. The molecule has 1 atom stereocenters. The van der Waals surface area contributed by atoms with E-state index in [0.29, 0.717) is 50.4 Å². The van der Waals surface area contributed by atoms with Crippen LogP contribution in [0, 0.1) is 0 Å². The molecule has 0 bridgehead atoms. The second-order valence-electron chi connectivity index (χ2n) is 12.8. The largest absolute Gasteiger partial charge is 0.445 e. The van der Waals surface area contributed by atoms with Gasteiger partial charge in [-0.3, -0.25) is 4.90 Å². The Morgan fingerprint density at radius 2 is 1.71 bits per heavy atom. The number of fused-ring (bicyclic) bond motifs is 1. The molecule has 3 aromatic rings. The first-order valence-electron chi connectivity index (χ1n) is 15.4. The van der Waals surface area contributed by atoms with Crippen molar-refractivity contribution in [1.29, 1.82) is 0 Å². The molecule has 1 aromatic carbocycles. The standard InChI is InChI=1S/C32H41ClN6O6/c1-21(2)25-18-34-39-27(17-26(33)35-28(25)39)38(31(42)45-32(3,4)5)23-11-14-36(15-12-23)30(41)44-24-13-16-37(19-24)29(40)43-20-22-9-7-6-8-10-22/h6-10,17-18,21,23-24H,11-16,19-20H2,1-5H3/t24-/m0/s1. The van der Waals surface area contributed by atoms with E-state index in [9.17, 15) is 14.4 Å². The van der Waals surface area contributed by atoms with Crippen molar-refractivity contribution in [3.05, 3.63) is 58.9 Å². The van der Waals surface area contributed by atoms with Crippen LogP contribution < -0.4 is 4.90 Å². The average Bonchev–Trinajstić information content (AvgIpc) is 3.63. The number of rotatable bonds is 6. The van der Waals surface area contributed by atoms with Crippen molar-refractivity contribution in [2.75, 3.05) is 31.1 Å². The Balaban J connectivity index is 1.22. The molecule has 2 aliphatic heterocycles. The van der Waals surface area contributed by atoms with Gasteiger partial charge in [0, 0.05) is 43.7 Å². The highest BCUT2D eigenvalue weighted by Gasteiger charge is 2.37. The minimum atomic E-state index is -0.730. The Hall–Kier alpha value is -4.06. The molecule has 3 amide bonds.